The Labute approximate surface area is 158 Å². The number of pyridine rings is 1. The van der Waals surface area contributed by atoms with Crippen LogP contribution in [0.1, 0.15) is 10.4 Å². The van der Waals surface area contributed by atoms with Gasteiger partial charge in [-0.2, -0.15) is 0 Å². The van der Waals surface area contributed by atoms with Crippen LogP contribution in [-0.4, -0.2) is 29.1 Å². The Morgan fingerprint density at radius 3 is 2.52 bits per heavy atom. The van der Waals surface area contributed by atoms with Crippen molar-refractivity contribution < 1.29 is 19.4 Å². The molecule has 0 aliphatic rings. The van der Waals surface area contributed by atoms with Crippen LogP contribution in [0.5, 0.6) is 17.4 Å². The lowest BCUT2D eigenvalue weighted by molar-refractivity contribution is 0.0998. The molecule has 1 aromatic heterocycles. The highest BCUT2D eigenvalue weighted by molar-refractivity contribution is 6.32. The summed E-state index contributed by atoms with van der Waals surface area (Å²) in [5, 5.41) is 15.7. The van der Waals surface area contributed by atoms with Crippen LogP contribution in [0.4, 0.5) is 10.5 Å². The number of halogens is 1. The normalized spacial score (nSPS) is 10.4. The van der Waals surface area contributed by atoms with Gasteiger partial charge in [0.05, 0.1) is 11.1 Å². The van der Waals surface area contributed by atoms with Crippen LogP contribution in [0.3, 0.4) is 0 Å². The summed E-state index contributed by atoms with van der Waals surface area (Å²) in [5.74, 6) is -0.455. The maximum atomic E-state index is 11.3. The molecule has 3 amide bonds. The minimum absolute atomic E-state index is 0.0201. The van der Waals surface area contributed by atoms with Crippen LogP contribution in [0.25, 0.3) is 10.9 Å². The summed E-state index contributed by atoms with van der Waals surface area (Å²) in [7, 11) is 1.52. The molecule has 138 valence electrons. The molecule has 0 unspecified atom stereocenters. The number of primary amides is 1. The van der Waals surface area contributed by atoms with Gasteiger partial charge in [-0.25, -0.2) is 9.78 Å². The number of nitrogens with two attached hydrogens (primary N) is 1. The van der Waals surface area contributed by atoms with Gasteiger partial charge in [-0.1, -0.05) is 11.6 Å². The number of urea groups is 1. The number of nitrogens with zero attached hydrogens (tertiary/aromatic N) is 1. The lowest BCUT2D eigenvalue weighted by Gasteiger charge is -2.10. The van der Waals surface area contributed by atoms with Gasteiger partial charge in [0, 0.05) is 24.2 Å². The minimum atomic E-state index is -0.753. The summed E-state index contributed by atoms with van der Waals surface area (Å²) in [6.07, 6.45) is 0. The summed E-state index contributed by atoms with van der Waals surface area (Å²) < 4.78 is 5.68. The third kappa shape index (κ3) is 4.01. The number of amides is 3. The molecule has 9 heteroatoms. The molecule has 1 heterocycles. The number of rotatable bonds is 4. The number of ether oxygens (including phenoxy) is 1. The van der Waals surface area contributed by atoms with Gasteiger partial charge >= 0.3 is 6.03 Å². The lowest BCUT2D eigenvalue weighted by atomic mass is 10.1. The number of nitrogens with one attached hydrogen (secondary N) is 2. The number of benzene rings is 2. The van der Waals surface area contributed by atoms with Crippen molar-refractivity contribution >= 4 is 40.1 Å². The largest absolute Gasteiger partial charge is 0.507 e. The fraction of sp³-hybridized carbons (Fsp3) is 0.0556. The van der Waals surface area contributed by atoms with Crippen molar-refractivity contribution in [2.24, 2.45) is 5.73 Å². The molecular weight excluding hydrogens is 372 g/mol. The monoisotopic (exact) mass is 386 g/mol. The summed E-state index contributed by atoms with van der Waals surface area (Å²) in [6, 6.07) is 10.5. The second-order valence-electron chi connectivity index (χ2n) is 5.53. The Bertz CT molecular complexity index is 1040. The molecule has 0 aliphatic heterocycles. The van der Waals surface area contributed by atoms with Crippen molar-refractivity contribution in [1.29, 1.82) is 0 Å². The van der Waals surface area contributed by atoms with Gasteiger partial charge in [0.25, 0.3) is 5.91 Å². The average molecular weight is 387 g/mol. The number of fused-ring (bicyclic) bond motifs is 1. The first-order valence-electron chi connectivity index (χ1n) is 7.77. The predicted molar refractivity (Wildman–Crippen MR) is 102 cm³/mol. The zero-order valence-electron chi connectivity index (χ0n) is 14.1. The number of hydrogen-bond donors (Lipinski definition) is 4. The average Bonchev–Trinajstić information content (AvgIpc) is 2.63. The quantitative estimate of drug-likeness (QED) is 0.547. The smallest absolute Gasteiger partial charge is 0.318 e. The van der Waals surface area contributed by atoms with E-state index in [1.165, 1.54) is 19.2 Å². The molecule has 0 fully saturated rings. The van der Waals surface area contributed by atoms with Crippen molar-refractivity contribution in [2.75, 3.05) is 12.4 Å². The summed E-state index contributed by atoms with van der Waals surface area (Å²) >= 11 is 6.21. The Balaban J connectivity index is 1.88. The molecule has 0 spiro atoms. The van der Waals surface area contributed by atoms with Crippen LogP contribution < -0.4 is 21.1 Å². The van der Waals surface area contributed by atoms with E-state index in [2.05, 4.69) is 15.6 Å². The Morgan fingerprint density at radius 1 is 1.19 bits per heavy atom. The molecule has 0 atom stereocenters. The van der Waals surface area contributed by atoms with E-state index < -0.39 is 5.91 Å². The Kier molecular flexibility index (Phi) is 5.00. The highest BCUT2D eigenvalue weighted by Crippen LogP contribution is 2.33. The van der Waals surface area contributed by atoms with E-state index in [0.29, 0.717) is 22.3 Å². The van der Waals surface area contributed by atoms with Gasteiger partial charge in [-0.3, -0.25) is 4.79 Å². The standard InChI is InChI=1S/C18H15ClN4O4/c1-21-18(26)22-10-2-4-11(5-3-10)27-17-13(19)7-9-6-12(16(20)25)15(24)8-14(9)23-17/h2-8,24H,1H3,(H2,20,25)(H2,21,22,26). The zero-order valence-corrected chi connectivity index (χ0v) is 14.9. The fourth-order valence-electron chi connectivity index (χ4n) is 2.35. The van der Waals surface area contributed by atoms with E-state index in [9.17, 15) is 14.7 Å². The third-order valence-corrected chi connectivity index (χ3v) is 3.94. The number of aromatic hydroxyl groups is 1. The maximum absolute atomic E-state index is 11.3. The number of carbonyl (C=O) groups is 2. The molecule has 0 radical (unpaired) electrons. The van der Waals surface area contributed by atoms with E-state index in [1.807, 2.05) is 0 Å². The Hall–Kier alpha value is -3.52. The number of carbonyl (C=O) groups excluding carboxylic acids is 2. The van der Waals surface area contributed by atoms with Crippen molar-refractivity contribution in [3.05, 3.63) is 53.1 Å². The molecule has 5 N–H and O–H groups in total. The molecule has 0 bridgehead atoms. The minimum Gasteiger partial charge on any atom is -0.507 e. The zero-order chi connectivity index (χ0) is 19.6. The topological polar surface area (TPSA) is 127 Å². The molecule has 0 saturated carbocycles. The molecule has 0 saturated heterocycles. The van der Waals surface area contributed by atoms with Crippen LogP contribution in [0, 0.1) is 0 Å². The molecule has 3 rings (SSSR count). The van der Waals surface area contributed by atoms with Crippen LogP contribution in [0.2, 0.25) is 5.02 Å². The molecule has 8 nitrogen and oxygen atoms in total. The van der Waals surface area contributed by atoms with E-state index in [0.717, 1.165) is 0 Å². The van der Waals surface area contributed by atoms with Gasteiger partial charge in [-0.15, -0.1) is 0 Å². The number of anilines is 1. The third-order valence-electron chi connectivity index (χ3n) is 3.67. The lowest BCUT2D eigenvalue weighted by Crippen LogP contribution is -2.24. The molecule has 0 aliphatic carbocycles. The number of aromatic nitrogens is 1. The van der Waals surface area contributed by atoms with Crippen molar-refractivity contribution in [1.82, 2.24) is 10.3 Å². The SMILES string of the molecule is CNC(=O)Nc1ccc(Oc2nc3cc(O)c(C(N)=O)cc3cc2Cl)cc1. The summed E-state index contributed by atoms with van der Waals surface area (Å²) in [6.45, 7) is 0. The van der Waals surface area contributed by atoms with E-state index >= 15 is 0 Å². The van der Waals surface area contributed by atoms with Crippen molar-refractivity contribution in [2.45, 2.75) is 0 Å². The van der Waals surface area contributed by atoms with Gasteiger partial charge in [0.15, 0.2) is 0 Å². The van der Waals surface area contributed by atoms with Crippen LogP contribution >= 0.6 is 11.6 Å². The van der Waals surface area contributed by atoms with Crippen molar-refractivity contribution in [3.63, 3.8) is 0 Å². The number of hydrogen-bond acceptors (Lipinski definition) is 5. The highest BCUT2D eigenvalue weighted by Gasteiger charge is 2.13. The molecule has 27 heavy (non-hydrogen) atoms. The summed E-state index contributed by atoms with van der Waals surface area (Å²) in [4.78, 5) is 26.9. The predicted octanol–water partition coefficient (Wildman–Crippen LogP) is 3.24. The van der Waals surface area contributed by atoms with Gasteiger partial charge in [0.1, 0.15) is 16.5 Å². The van der Waals surface area contributed by atoms with Crippen molar-refractivity contribution in [3.8, 4) is 17.4 Å². The number of phenols is 1. The van der Waals surface area contributed by atoms with E-state index in [4.69, 9.17) is 22.1 Å². The fourth-order valence-corrected chi connectivity index (χ4v) is 2.55. The first-order valence-corrected chi connectivity index (χ1v) is 8.15. The highest BCUT2D eigenvalue weighted by atomic mass is 35.5. The second-order valence-corrected chi connectivity index (χ2v) is 5.94. The van der Waals surface area contributed by atoms with Crippen LogP contribution in [-0.2, 0) is 0 Å². The van der Waals surface area contributed by atoms with E-state index in [1.54, 1.807) is 30.3 Å². The molecule has 2 aromatic carbocycles. The maximum Gasteiger partial charge on any atom is 0.318 e. The molecule has 3 aromatic rings. The van der Waals surface area contributed by atoms with E-state index in [-0.39, 0.29) is 28.2 Å². The van der Waals surface area contributed by atoms with Gasteiger partial charge in [0.2, 0.25) is 5.88 Å². The first-order chi connectivity index (χ1) is 12.9. The first kappa shape index (κ1) is 18.3. The van der Waals surface area contributed by atoms with Gasteiger partial charge < -0.3 is 26.2 Å². The Morgan fingerprint density at radius 2 is 1.89 bits per heavy atom. The second kappa shape index (κ2) is 7.38. The summed E-state index contributed by atoms with van der Waals surface area (Å²) in [5.41, 5.74) is 6.17. The molecular formula is C18H15ClN4O4. The van der Waals surface area contributed by atoms with Crippen LogP contribution in [0.15, 0.2) is 42.5 Å². The van der Waals surface area contributed by atoms with Gasteiger partial charge in [-0.05, 0) is 36.4 Å².